The molecule has 3 rings (SSSR count). The van der Waals surface area contributed by atoms with Crippen LogP contribution in [-0.4, -0.2) is 47.8 Å². The number of ether oxygens (including phenoxy) is 1. The molecule has 3 atom stereocenters. The van der Waals surface area contributed by atoms with Gasteiger partial charge in [0.25, 0.3) is 0 Å². The number of amides is 2. The molecule has 25 heavy (non-hydrogen) atoms. The van der Waals surface area contributed by atoms with Gasteiger partial charge in [0, 0.05) is 12.0 Å². The van der Waals surface area contributed by atoms with Crippen molar-refractivity contribution in [1.29, 1.82) is 0 Å². The van der Waals surface area contributed by atoms with E-state index in [-0.39, 0.29) is 36.5 Å². The summed E-state index contributed by atoms with van der Waals surface area (Å²) in [6, 6.07) is 0.170. The SMILES string of the molecule is O=C(C[C@@H]1CC[C@H](NC(=O)C2CCC2)[C@H](CO)O1)NC1CCCCC1. The predicted molar refractivity (Wildman–Crippen MR) is 93.9 cm³/mol. The first kappa shape index (κ1) is 18.6. The summed E-state index contributed by atoms with van der Waals surface area (Å²) >= 11 is 0. The van der Waals surface area contributed by atoms with Gasteiger partial charge in [-0.2, -0.15) is 0 Å². The number of carbonyl (C=O) groups excluding carboxylic acids is 2. The number of rotatable bonds is 6. The van der Waals surface area contributed by atoms with Crippen LogP contribution in [0.15, 0.2) is 0 Å². The van der Waals surface area contributed by atoms with E-state index in [2.05, 4.69) is 10.6 Å². The van der Waals surface area contributed by atoms with Crippen molar-refractivity contribution in [3.63, 3.8) is 0 Å². The van der Waals surface area contributed by atoms with E-state index < -0.39 is 6.10 Å². The largest absolute Gasteiger partial charge is 0.394 e. The average molecular weight is 352 g/mol. The van der Waals surface area contributed by atoms with E-state index in [9.17, 15) is 14.7 Å². The van der Waals surface area contributed by atoms with Crippen LogP contribution in [0.3, 0.4) is 0 Å². The van der Waals surface area contributed by atoms with Crippen molar-refractivity contribution in [2.75, 3.05) is 6.61 Å². The molecule has 0 radical (unpaired) electrons. The number of hydrogen-bond acceptors (Lipinski definition) is 4. The maximum atomic E-state index is 12.2. The number of aliphatic hydroxyl groups excluding tert-OH is 1. The molecule has 3 fully saturated rings. The Morgan fingerprint density at radius 2 is 1.68 bits per heavy atom. The monoisotopic (exact) mass is 352 g/mol. The van der Waals surface area contributed by atoms with Gasteiger partial charge < -0.3 is 20.5 Å². The van der Waals surface area contributed by atoms with E-state index in [1.165, 1.54) is 19.3 Å². The first-order valence-electron chi connectivity index (χ1n) is 10.0. The van der Waals surface area contributed by atoms with Crippen molar-refractivity contribution < 1.29 is 19.4 Å². The maximum Gasteiger partial charge on any atom is 0.223 e. The van der Waals surface area contributed by atoms with Crippen LogP contribution >= 0.6 is 0 Å². The Balaban J connectivity index is 1.42. The molecule has 1 aliphatic heterocycles. The Morgan fingerprint density at radius 1 is 0.920 bits per heavy atom. The fourth-order valence-corrected chi connectivity index (χ4v) is 4.16. The van der Waals surface area contributed by atoms with Crippen molar-refractivity contribution in [2.24, 2.45) is 5.92 Å². The van der Waals surface area contributed by atoms with E-state index in [1.54, 1.807) is 0 Å². The highest BCUT2D eigenvalue weighted by molar-refractivity contribution is 5.79. The van der Waals surface area contributed by atoms with Crippen molar-refractivity contribution in [1.82, 2.24) is 10.6 Å². The van der Waals surface area contributed by atoms with Crippen LogP contribution in [0, 0.1) is 5.92 Å². The molecule has 1 heterocycles. The zero-order valence-electron chi connectivity index (χ0n) is 15.0. The molecule has 0 spiro atoms. The zero-order valence-corrected chi connectivity index (χ0v) is 15.0. The second-order valence-corrected chi connectivity index (χ2v) is 7.91. The second-order valence-electron chi connectivity index (χ2n) is 7.91. The van der Waals surface area contributed by atoms with E-state index in [0.29, 0.717) is 12.5 Å². The highest BCUT2D eigenvalue weighted by Gasteiger charge is 2.35. The molecule has 3 aliphatic rings. The highest BCUT2D eigenvalue weighted by atomic mass is 16.5. The lowest BCUT2D eigenvalue weighted by molar-refractivity contribution is -0.139. The normalized spacial score (nSPS) is 31.2. The number of nitrogens with one attached hydrogen (secondary N) is 2. The summed E-state index contributed by atoms with van der Waals surface area (Å²) in [6.07, 6.45) is 10.1. The average Bonchev–Trinajstić information content (AvgIpc) is 2.55. The van der Waals surface area contributed by atoms with E-state index in [0.717, 1.165) is 44.9 Å². The van der Waals surface area contributed by atoms with Crippen molar-refractivity contribution in [3.05, 3.63) is 0 Å². The fourth-order valence-electron chi connectivity index (χ4n) is 4.16. The molecular weight excluding hydrogens is 320 g/mol. The molecule has 0 unspecified atom stereocenters. The van der Waals surface area contributed by atoms with E-state index >= 15 is 0 Å². The third-order valence-corrected chi connectivity index (χ3v) is 5.98. The van der Waals surface area contributed by atoms with Crippen LogP contribution in [0.1, 0.15) is 70.6 Å². The van der Waals surface area contributed by atoms with Crippen LogP contribution in [0.2, 0.25) is 0 Å². The van der Waals surface area contributed by atoms with Gasteiger partial charge in [-0.05, 0) is 38.5 Å². The molecule has 0 aromatic rings. The lowest BCUT2D eigenvalue weighted by Crippen LogP contribution is -2.53. The van der Waals surface area contributed by atoms with Gasteiger partial charge >= 0.3 is 0 Å². The van der Waals surface area contributed by atoms with Crippen molar-refractivity contribution in [2.45, 2.75) is 94.9 Å². The minimum Gasteiger partial charge on any atom is -0.394 e. The summed E-state index contributed by atoms with van der Waals surface area (Å²) in [5.41, 5.74) is 0. The molecule has 3 N–H and O–H groups in total. The van der Waals surface area contributed by atoms with Crippen LogP contribution < -0.4 is 10.6 Å². The fraction of sp³-hybridized carbons (Fsp3) is 0.895. The molecule has 6 heteroatoms. The predicted octanol–water partition coefficient (Wildman–Crippen LogP) is 1.65. The van der Waals surface area contributed by atoms with Crippen LogP contribution in [-0.2, 0) is 14.3 Å². The lowest BCUT2D eigenvalue weighted by Gasteiger charge is -2.37. The van der Waals surface area contributed by atoms with Gasteiger partial charge in [-0.1, -0.05) is 25.7 Å². The van der Waals surface area contributed by atoms with Gasteiger partial charge in [-0.3, -0.25) is 9.59 Å². The minimum absolute atomic E-state index is 0.0468. The van der Waals surface area contributed by atoms with Crippen LogP contribution in [0.25, 0.3) is 0 Å². The topological polar surface area (TPSA) is 87.7 Å². The zero-order chi connectivity index (χ0) is 17.6. The number of carbonyl (C=O) groups is 2. The molecule has 1 saturated heterocycles. The standard InChI is InChI=1S/C19H32N2O4/c22-12-17-16(21-19(24)13-5-4-6-13)10-9-15(25-17)11-18(23)20-14-7-2-1-3-8-14/h13-17,22H,1-12H2,(H,20,23)(H,21,24)/t15-,16-,17-/m0/s1. The van der Waals surface area contributed by atoms with Crippen molar-refractivity contribution in [3.8, 4) is 0 Å². The van der Waals surface area contributed by atoms with E-state index in [4.69, 9.17) is 4.74 Å². The van der Waals surface area contributed by atoms with Gasteiger partial charge in [-0.15, -0.1) is 0 Å². The smallest absolute Gasteiger partial charge is 0.223 e. The summed E-state index contributed by atoms with van der Waals surface area (Å²) in [5, 5.41) is 15.8. The maximum absolute atomic E-state index is 12.2. The summed E-state index contributed by atoms with van der Waals surface area (Å²) in [4.78, 5) is 24.4. The Labute approximate surface area is 150 Å². The van der Waals surface area contributed by atoms with Gasteiger partial charge in [0.15, 0.2) is 0 Å². The molecular formula is C19H32N2O4. The highest BCUT2D eigenvalue weighted by Crippen LogP contribution is 2.28. The van der Waals surface area contributed by atoms with Gasteiger partial charge in [0.2, 0.25) is 11.8 Å². The first-order chi connectivity index (χ1) is 12.2. The molecule has 6 nitrogen and oxygen atoms in total. The molecule has 0 aromatic heterocycles. The Kier molecular flexibility index (Phi) is 6.70. The van der Waals surface area contributed by atoms with Crippen molar-refractivity contribution >= 4 is 11.8 Å². The van der Waals surface area contributed by atoms with Gasteiger partial charge in [0.1, 0.15) is 6.10 Å². The number of hydrogen-bond donors (Lipinski definition) is 3. The second kappa shape index (κ2) is 8.99. The number of aliphatic hydroxyl groups is 1. The quantitative estimate of drug-likeness (QED) is 0.678. The summed E-state index contributed by atoms with van der Waals surface area (Å²) in [5.74, 6) is 0.274. The summed E-state index contributed by atoms with van der Waals surface area (Å²) < 4.78 is 5.91. The molecule has 0 aromatic carbocycles. The van der Waals surface area contributed by atoms with Crippen LogP contribution in [0.4, 0.5) is 0 Å². The first-order valence-corrected chi connectivity index (χ1v) is 10.0. The van der Waals surface area contributed by atoms with Crippen LogP contribution in [0.5, 0.6) is 0 Å². The molecule has 142 valence electrons. The summed E-state index contributed by atoms with van der Waals surface area (Å²) in [6.45, 7) is -0.129. The minimum atomic E-state index is -0.412. The summed E-state index contributed by atoms with van der Waals surface area (Å²) in [7, 11) is 0. The Hall–Kier alpha value is -1.14. The van der Waals surface area contributed by atoms with Gasteiger partial charge in [-0.25, -0.2) is 0 Å². The molecule has 2 aliphatic carbocycles. The lowest BCUT2D eigenvalue weighted by atomic mass is 9.84. The Bertz CT molecular complexity index is 460. The van der Waals surface area contributed by atoms with Gasteiger partial charge in [0.05, 0.1) is 25.2 Å². The molecule has 2 amide bonds. The molecule has 2 saturated carbocycles. The molecule has 0 bridgehead atoms. The third-order valence-electron chi connectivity index (χ3n) is 5.98. The van der Waals surface area contributed by atoms with E-state index in [1.807, 2.05) is 0 Å². The third kappa shape index (κ3) is 5.17. The Morgan fingerprint density at radius 3 is 2.32 bits per heavy atom.